The van der Waals surface area contributed by atoms with Crippen molar-refractivity contribution in [1.29, 1.82) is 0 Å². The lowest BCUT2D eigenvalue weighted by Crippen LogP contribution is -2.41. The van der Waals surface area contributed by atoms with Gasteiger partial charge in [0.25, 0.3) is 0 Å². The summed E-state index contributed by atoms with van der Waals surface area (Å²) in [5, 5.41) is 2.76. The number of hydrogen-bond acceptors (Lipinski definition) is 6. The number of nitrogens with one attached hydrogen (secondary N) is 2. The lowest BCUT2D eigenvalue weighted by molar-refractivity contribution is -0.117. The van der Waals surface area contributed by atoms with Crippen LogP contribution in [0.3, 0.4) is 0 Å². The quantitative estimate of drug-likeness (QED) is 0.670. The topological polar surface area (TPSA) is 103 Å². The summed E-state index contributed by atoms with van der Waals surface area (Å²) >= 11 is 5.98. The first kappa shape index (κ1) is 21.8. The molecule has 2 rings (SSSR count). The van der Waals surface area contributed by atoms with E-state index >= 15 is 0 Å². The molecule has 0 radical (unpaired) electrons. The average molecular weight is 429 g/mol. The molecular formula is C18H21ClN2O6S. The maximum atomic E-state index is 12.5. The predicted molar refractivity (Wildman–Crippen MR) is 106 cm³/mol. The van der Waals surface area contributed by atoms with Gasteiger partial charge in [0.05, 0.1) is 43.0 Å². The first-order chi connectivity index (χ1) is 13.2. The van der Waals surface area contributed by atoms with E-state index in [0.717, 1.165) is 0 Å². The molecule has 0 bridgehead atoms. The third-order valence-electron chi connectivity index (χ3n) is 3.82. The maximum absolute atomic E-state index is 12.5. The van der Waals surface area contributed by atoms with Crippen LogP contribution in [0.15, 0.2) is 41.3 Å². The van der Waals surface area contributed by atoms with E-state index in [-0.39, 0.29) is 9.92 Å². The molecule has 0 unspecified atom stereocenters. The molecule has 0 aromatic heterocycles. The number of anilines is 1. The predicted octanol–water partition coefficient (Wildman–Crippen LogP) is 2.67. The van der Waals surface area contributed by atoms with Crippen LogP contribution in [0.1, 0.15) is 6.92 Å². The Kier molecular flexibility index (Phi) is 7.11. The zero-order chi connectivity index (χ0) is 20.9. The minimum absolute atomic E-state index is 0.0862. The van der Waals surface area contributed by atoms with Gasteiger partial charge >= 0.3 is 0 Å². The number of hydrogen-bond donors (Lipinski definition) is 2. The number of ether oxygens (including phenoxy) is 3. The van der Waals surface area contributed by atoms with Gasteiger partial charge in [-0.05, 0) is 37.3 Å². The Labute approximate surface area is 168 Å². The van der Waals surface area contributed by atoms with E-state index in [0.29, 0.717) is 22.9 Å². The highest BCUT2D eigenvalue weighted by atomic mass is 35.5. The smallest absolute Gasteiger partial charge is 0.242 e. The van der Waals surface area contributed by atoms with Gasteiger partial charge in [0.15, 0.2) is 0 Å². The highest BCUT2D eigenvalue weighted by Crippen LogP contribution is 2.29. The minimum atomic E-state index is -3.98. The number of rotatable bonds is 8. The van der Waals surface area contributed by atoms with Crippen molar-refractivity contribution in [2.45, 2.75) is 17.9 Å². The first-order valence-electron chi connectivity index (χ1n) is 8.10. The second-order valence-corrected chi connectivity index (χ2v) is 7.82. The third kappa shape index (κ3) is 5.06. The van der Waals surface area contributed by atoms with Gasteiger partial charge in [-0.2, -0.15) is 4.72 Å². The standard InChI is InChI=1S/C18H21ClN2O6S/c1-11(18(22)20-15-9-12(25-2)5-7-17(15)27-4)21-28(23,24)13-6-8-16(26-3)14(19)10-13/h5-11,21H,1-4H3,(H,20,22)/t11-/m1/s1. The van der Waals surface area contributed by atoms with Crippen molar-refractivity contribution in [3.05, 3.63) is 41.4 Å². The van der Waals surface area contributed by atoms with Crippen LogP contribution in [0.2, 0.25) is 5.02 Å². The molecule has 2 aromatic carbocycles. The Morgan fingerprint density at radius 2 is 1.64 bits per heavy atom. The normalized spacial score (nSPS) is 12.2. The van der Waals surface area contributed by atoms with Gasteiger partial charge in [-0.1, -0.05) is 11.6 Å². The first-order valence-corrected chi connectivity index (χ1v) is 9.96. The number of carbonyl (C=O) groups is 1. The summed E-state index contributed by atoms with van der Waals surface area (Å²) in [5.41, 5.74) is 0.352. The van der Waals surface area contributed by atoms with Gasteiger partial charge in [0.1, 0.15) is 17.2 Å². The third-order valence-corrected chi connectivity index (χ3v) is 5.66. The molecule has 10 heteroatoms. The lowest BCUT2D eigenvalue weighted by Gasteiger charge is -2.17. The summed E-state index contributed by atoms with van der Waals surface area (Å²) in [6.07, 6.45) is 0. The molecule has 2 N–H and O–H groups in total. The highest BCUT2D eigenvalue weighted by molar-refractivity contribution is 7.89. The minimum Gasteiger partial charge on any atom is -0.497 e. The van der Waals surface area contributed by atoms with E-state index < -0.39 is 22.0 Å². The Morgan fingerprint density at radius 1 is 1.00 bits per heavy atom. The molecule has 0 spiro atoms. The number of carbonyl (C=O) groups excluding carboxylic acids is 1. The fraction of sp³-hybridized carbons (Fsp3) is 0.278. The molecule has 0 aliphatic carbocycles. The number of benzene rings is 2. The van der Waals surface area contributed by atoms with Gasteiger partial charge in [-0.3, -0.25) is 4.79 Å². The van der Waals surface area contributed by atoms with Crippen molar-refractivity contribution in [2.24, 2.45) is 0 Å². The van der Waals surface area contributed by atoms with E-state index in [9.17, 15) is 13.2 Å². The van der Waals surface area contributed by atoms with Crippen molar-refractivity contribution < 1.29 is 27.4 Å². The van der Waals surface area contributed by atoms with Gasteiger partial charge in [-0.15, -0.1) is 0 Å². The highest BCUT2D eigenvalue weighted by Gasteiger charge is 2.23. The van der Waals surface area contributed by atoms with Crippen LogP contribution >= 0.6 is 11.6 Å². The molecule has 0 aliphatic heterocycles. The zero-order valence-corrected chi connectivity index (χ0v) is 17.3. The second kappa shape index (κ2) is 9.13. The molecule has 28 heavy (non-hydrogen) atoms. The summed E-state index contributed by atoms with van der Waals surface area (Å²) in [6, 6.07) is 7.82. The molecule has 0 saturated heterocycles. The lowest BCUT2D eigenvalue weighted by atomic mass is 10.2. The van der Waals surface area contributed by atoms with E-state index in [1.54, 1.807) is 18.2 Å². The fourth-order valence-corrected chi connectivity index (χ4v) is 3.87. The van der Waals surface area contributed by atoms with Crippen LogP contribution in [-0.4, -0.2) is 41.7 Å². The molecule has 1 amide bonds. The van der Waals surface area contributed by atoms with Crippen LogP contribution in [0.25, 0.3) is 0 Å². The van der Waals surface area contributed by atoms with Crippen molar-refractivity contribution in [2.75, 3.05) is 26.6 Å². The van der Waals surface area contributed by atoms with E-state index in [1.165, 1.54) is 46.5 Å². The zero-order valence-electron chi connectivity index (χ0n) is 15.8. The Hall–Kier alpha value is -2.49. The van der Waals surface area contributed by atoms with Gasteiger partial charge in [-0.25, -0.2) is 8.42 Å². The molecule has 0 heterocycles. The van der Waals surface area contributed by atoms with Crippen molar-refractivity contribution >= 4 is 33.2 Å². The van der Waals surface area contributed by atoms with Crippen LogP contribution < -0.4 is 24.2 Å². The molecule has 0 saturated carbocycles. The van der Waals surface area contributed by atoms with E-state index in [2.05, 4.69) is 10.0 Å². The second-order valence-electron chi connectivity index (χ2n) is 5.69. The molecule has 2 aromatic rings. The molecule has 152 valence electrons. The maximum Gasteiger partial charge on any atom is 0.242 e. The molecule has 0 aliphatic rings. The number of amides is 1. The summed E-state index contributed by atoms with van der Waals surface area (Å²) in [7, 11) is 0.390. The van der Waals surface area contributed by atoms with Gasteiger partial charge in [0.2, 0.25) is 15.9 Å². The van der Waals surface area contributed by atoms with Gasteiger partial charge < -0.3 is 19.5 Å². The summed E-state index contributed by atoms with van der Waals surface area (Å²) < 4.78 is 42.7. The van der Waals surface area contributed by atoms with Crippen molar-refractivity contribution in [3.8, 4) is 17.2 Å². The van der Waals surface area contributed by atoms with Gasteiger partial charge in [0, 0.05) is 6.07 Å². The molecule has 1 atom stereocenters. The number of halogens is 1. The Bertz CT molecular complexity index is 965. The average Bonchev–Trinajstić information content (AvgIpc) is 2.67. The van der Waals surface area contributed by atoms with E-state index in [1.807, 2.05) is 0 Å². The molecule has 0 fully saturated rings. The van der Waals surface area contributed by atoms with Crippen molar-refractivity contribution in [3.63, 3.8) is 0 Å². The summed E-state index contributed by atoms with van der Waals surface area (Å²) in [4.78, 5) is 12.4. The Balaban J connectivity index is 2.16. The van der Waals surface area contributed by atoms with Crippen LogP contribution in [0.5, 0.6) is 17.2 Å². The van der Waals surface area contributed by atoms with Crippen molar-refractivity contribution in [1.82, 2.24) is 4.72 Å². The largest absolute Gasteiger partial charge is 0.497 e. The fourth-order valence-electron chi connectivity index (χ4n) is 2.32. The van der Waals surface area contributed by atoms with Crippen LogP contribution in [0, 0.1) is 0 Å². The summed E-state index contributed by atoms with van der Waals surface area (Å²) in [6.45, 7) is 1.42. The number of sulfonamides is 1. The van der Waals surface area contributed by atoms with E-state index in [4.69, 9.17) is 25.8 Å². The monoisotopic (exact) mass is 428 g/mol. The van der Waals surface area contributed by atoms with Crippen LogP contribution in [0.4, 0.5) is 5.69 Å². The Morgan fingerprint density at radius 3 is 2.21 bits per heavy atom. The molecular weight excluding hydrogens is 408 g/mol. The SMILES string of the molecule is COc1ccc(OC)c(NC(=O)[C@@H](C)NS(=O)(=O)c2ccc(OC)c(Cl)c2)c1. The van der Waals surface area contributed by atoms with Crippen LogP contribution in [-0.2, 0) is 14.8 Å². The molecule has 8 nitrogen and oxygen atoms in total. The summed E-state index contributed by atoms with van der Waals surface area (Å²) in [5.74, 6) is 0.689. The number of methoxy groups -OCH3 is 3.